The molecule has 1 aromatic heterocycles. The fourth-order valence-corrected chi connectivity index (χ4v) is 2.94. The van der Waals surface area contributed by atoms with Crippen LogP contribution in [-0.2, 0) is 0 Å². The number of rotatable bonds is 3. The molecule has 2 rings (SSSR count). The molecule has 2 atom stereocenters. The molecule has 1 aromatic rings. The van der Waals surface area contributed by atoms with E-state index in [0.29, 0.717) is 17.1 Å². The van der Waals surface area contributed by atoms with E-state index in [-0.39, 0.29) is 5.56 Å². The number of hydrogen-bond acceptors (Lipinski definition) is 4. The Bertz CT molecular complexity index is 379. The van der Waals surface area contributed by atoms with E-state index in [2.05, 4.69) is 21.5 Å². The molecular weight excluding hydrogens is 210 g/mol. The lowest BCUT2D eigenvalue weighted by atomic mass is 10.2. The summed E-state index contributed by atoms with van der Waals surface area (Å²) in [6, 6.07) is 0.385. The van der Waals surface area contributed by atoms with Crippen molar-refractivity contribution < 1.29 is 0 Å². The van der Waals surface area contributed by atoms with Gasteiger partial charge >= 0.3 is 0 Å². The van der Waals surface area contributed by atoms with Crippen molar-refractivity contribution in [2.24, 2.45) is 0 Å². The van der Waals surface area contributed by atoms with E-state index in [9.17, 15) is 4.79 Å². The van der Waals surface area contributed by atoms with Crippen molar-refractivity contribution >= 4 is 17.6 Å². The van der Waals surface area contributed by atoms with E-state index in [1.165, 1.54) is 12.8 Å². The minimum Gasteiger partial charge on any atom is -0.362 e. The van der Waals surface area contributed by atoms with E-state index in [0.717, 1.165) is 6.42 Å². The van der Waals surface area contributed by atoms with Crippen LogP contribution < -0.4 is 10.9 Å². The molecule has 0 saturated heterocycles. The highest BCUT2D eigenvalue weighted by Gasteiger charge is 2.26. The monoisotopic (exact) mass is 225 g/mol. The number of aromatic nitrogens is 2. The Morgan fingerprint density at radius 3 is 3.20 bits per heavy atom. The zero-order valence-corrected chi connectivity index (χ0v) is 9.51. The number of thioether (sulfide) groups is 1. The summed E-state index contributed by atoms with van der Waals surface area (Å²) in [5.74, 6) is 0.448. The molecule has 0 amide bonds. The zero-order chi connectivity index (χ0) is 10.7. The first kappa shape index (κ1) is 10.5. The predicted molar refractivity (Wildman–Crippen MR) is 63.4 cm³/mol. The summed E-state index contributed by atoms with van der Waals surface area (Å²) < 4.78 is 0. The molecule has 1 aliphatic carbocycles. The predicted octanol–water partition coefficient (Wildman–Crippen LogP) is 1.47. The maximum absolute atomic E-state index is 11.4. The highest BCUT2D eigenvalue weighted by atomic mass is 32.2. The van der Waals surface area contributed by atoms with Crippen LogP contribution in [0, 0.1) is 0 Å². The van der Waals surface area contributed by atoms with Crippen molar-refractivity contribution in [1.82, 2.24) is 9.97 Å². The van der Waals surface area contributed by atoms with Crippen LogP contribution in [0.25, 0.3) is 0 Å². The van der Waals surface area contributed by atoms with Gasteiger partial charge in [0.2, 0.25) is 0 Å². The van der Waals surface area contributed by atoms with Crippen molar-refractivity contribution in [2.45, 2.75) is 30.6 Å². The van der Waals surface area contributed by atoms with E-state index in [1.54, 1.807) is 12.4 Å². The third kappa shape index (κ3) is 2.34. The van der Waals surface area contributed by atoms with Crippen LogP contribution >= 0.6 is 11.8 Å². The first-order valence-corrected chi connectivity index (χ1v) is 6.43. The second-order valence-electron chi connectivity index (χ2n) is 3.72. The number of nitrogens with zero attached hydrogens (tertiary/aromatic N) is 1. The third-order valence-electron chi connectivity index (χ3n) is 2.79. The van der Waals surface area contributed by atoms with Gasteiger partial charge in [-0.3, -0.25) is 4.79 Å². The Kier molecular flexibility index (Phi) is 3.30. The Labute approximate surface area is 92.9 Å². The average Bonchev–Trinajstić information content (AvgIpc) is 2.69. The van der Waals surface area contributed by atoms with E-state index >= 15 is 0 Å². The molecule has 1 aliphatic rings. The molecule has 0 aromatic carbocycles. The smallest absolute Gasteiger partial charge is 0.290 e. The van der Waals surface area contributed by atoms with Gasteiger partial charge in [-0.25, -0.2) is 4.98 Å². The summed E-state index contributed by atoms with van der Waals surface area (Å²) >= 11 is 1.86. The molecule has 4 nitrogen and oxygen atoms in total. The van der Waals surface area contributed by atoms with Crippen molar-refractivity contribution in [2.75, 3.05) is 11.6 Å². The maximum atomic E-state index is 11.4. The molecule has 5 heteroatoms. The molecule has 0 aliphatic heterocycles. The van der Waals surface area contributed by atoms with Gasteiger partial charge in [0, 0.05) is 23.7 Å². The largest absolute Gasteiger partial charge is 0.362 e. The van der Waals surface area contributed by atoms with Crippen LogP contribution in [0.3, 0.4) is 0 Å². The fraction of sp³-hybridized carbons (Fsp3) is 0.600. The zero-order valence-electron chi connectivity index (χ0n) is 8.69. The van der Waals surface area contributed by atoms with Crippen LogP contribution in [0.1, 0.15) is 19.3 Å². The van der Waals surface area contributed by atoms with Gasteiger partial charge in [-0.05, 0) is 19.1 Å². The molecular formula is C10H15N3OS. The summed E-state index contributed by atoms with van der Waals surface area (Å²) in [5.41, 5.74) is -0.135. The molecule has 0 spiro atoms. The van der Waals surface area contributed by atoms with Crippen LogP contribution in [0.15, 0.2) is 17.2 Å². The van der Waals surface area contributed by atoms with E-state index in [1.807, 2.05) is 11.8 Å². The van der Waals surface area contributed by atoms with Gasteiger partial charge < -0.3 is 10.3 Å². The van der Waals surface area contributed by atoms with Gasteiger partial charge in [0.05, 0.1) is 0 Å². The van der Waals surface area contributed by atoms with Gasteiger partial charge in [0.1, 0.15) is 0 Å². The van der Waals surface area contributed by atoms with Crippen LogP contribution in [0.5, 0.6) is 0 Å². The minimum atomic E-state index is -0.135. The second-order valence-corrected chi connectivity index (χ2v) is 4.80. The number of nitrogens with one attached hydrogen (secondary N) is 2. The lowest BCUT2D eigenvalue weighted by Crippen LogP contribution is -2.29. The first-order chi connectivity index (χ1) is 7.31. The number of anilines is 1. The average molecular weight is 225 g/mol. The molecule has 15 heavy (non-hydrogen) atoms. The van der Waals surface area contributed by atoms with Crippen molar-refractivity contribution in [3.63, 3.8) is 0 Å². The summed E-state index contributed by atoms with van der Waals surface area (Å²) in [7, 11) is 0. The Morgan fingerprint density at radius 2 is 2.47 bits per heavy atom. The molecule has 0 radical (unpaired) electrons. The Balaban J connectivity index is 2.08. The van der Waals surface area contributed by atoms with Crippen LogP contribution in [0.2, 0.25) is 0 Å². The minimum absolute atomic E-state index is 0.135. The molecule has 1 saturated carbocycles. The summed E-state index contributed by atoms with van der Waals surface area (Å²) in [6.45, 7) is 0. The highest BCUT2D eigenvalue weighted by molar-refractivity contribution is 7.99. The third-order valence-corrected chi connectivity index (χ3v) is 3.95. The SMILES string of the molecule is CSC1CCCC1Nc1ncc[nH]c1=O. The summed E-state index contributed by atoms with van der Waals surface area (Å²) in [6.07, 6.45) is 8.85. The Hall–Kier alpha value is -0.970. The molecule has 1 fully saturated rings. The van der Waals surface area contributed by atoms with Crippen LogP contribution in [-0.4, -0.2) is 27.5 Å². The van der Waals surface area contributed by atoms with Gasteiger partial charge in [-0.15, -0.1) is 0 Å². The van der Waals surface area contributed by atoms with E-state index in [4.69, 9.17) is 0 Å². The van der Waals surface area contributed by atoms with Gasteiger partial charge in [-0.1, -0.05) is 6.42 Å². The van der Waals surface area contributed by atoms with Crippen molar-refractivity contribution in [3.05, 3.63) is 22.7 Å². The number of hydrogen-bond donors (Lipinski definition) is 2. The normalized spacial score (nSPS) is 25.4. The first-order valence-electron chi connectivity index (χ1n) is 5.14. The quantitative estimate of drug-likeness (QED) is 0.818. The Morgan fingerprint density at radius 1 is 1.60 bits per heavy atom. The number of H-pyrrole nitrogens is 1. The summed E-state index contributed by atoms with van der Waals surface area (Å²) in [5, 5.41) is 3.84. The highest BCUT2D eigenvalue weighted by Crippen LogP contribution is 2.29. The van der Waals surface area contributed by atoms with Crippen molar-refractivity contribution in [1.29, 1.82) is 0 Å². The number of aromatic amines is 1. The maximum Gasteiger partial charge on any atom is 0.290 e. The lowest BCUT2D eigenvalue weighted by Gasteiger charge is -2.18. The van der Waals surface area contributed by atoms with Gasteiger partial charge in [-0.2, -0.15) is 11.8 Å². The van der Waals surface area contributed by atoms with Crippen molar-refractivity contribution in [3.8, 4) is 0 Å². The molecule has 0 bridgehead atoms. The lowest BCUT2D eigenvalue weighted by molar-refractivity contribution is 0.760. The standard InChI is InChI=1S/C10H15N3OS/c1-15-8-4-2-3-7(8)13-9-10(14)12-6-5-11-9/h5-8H,2-4H2,1H3,(H,11,13)(H,12,14). The topological polar surface area (TPSA) is 57.8 Å². The molecule has 2 unspecified atom stereocenters. The van der Waals surface area contributed by atoms with E-state index < -0.39 is 0 Å². The molecule has 2 N–H and O–H groups in total. The fourth-order valence-electron chi connectivity index (χ4n) is 2.00. The van der Waals surface area contributed by atoms with Crippen LogP contribution in [0.4, 0.5) is 5.82 Å². The molecule has 82 valence electrons. The van der Waals surface area contributed by atoms with Gasteiger partial charge in [0.15, 0.2) is 5.82 Å². The summed E-state index contributed by atoms with van der Waals surface area (Å²) in [4.78, 5) is 18.1. The molecule has 1 heterocycles. The second kappa shape index (κ2) is 4.70. The van der Waals surface area contributed by atoms with Gasteiger partial charge in [0.25, 0.3) is 5.56 Å².